The minimum atomic E-state index is -1.26. The molecule has 1 saturated heterocycles. The number of para-hydroxylation sites is 1. The predicted octanol–water partition coefficient (Wildman–Crippen LogP) is 2.92. The number of fused-ring (bicyclic) bond motifs is 2. The number of anilines is 2. The van der Waals surface area contributed by atoms with Gasteiger partial charge in [-0.15, -0.1) is 0 Å². The first-order valence-corrected chi connectivity index (χ1v) is 14.8. The average Bonchev–Trinajstić information content (AvgIpc) is 3.00. The summed E-state index contributed by atoms with van der Waals surface area (Å²) in [6.07, 6.45) is 3.30. The Bertz CT molecular complexity index is 1340. The molecule has 2 aromatic rings. The summed E-state index contributed by atoms with van der Waals surface area (Å²) >= 11 is 1.78. The number of carbonyl (C=O) groups is 5. The highest BCUT2D eigenvalue weighted by atomic mass is 32.2. The van der Waals surface area contributed by atoms with Crippen LogP contribution in [0.1, 0.15) is 23.7 Å². The number of Topliss-reactive ketones (excluding diaryl/α,β-unsaturated/α-hetero) is 1. The SMILES string of the molecule is CC(=O)c1ccc2c(c1)N(CCCN1CCN(CCO)CC1)c1ccccc1S2.O=C(O)C=CC(=O)O.O=C(O)C=CC(=O)O. The van der Waals surface area contributed by atoms with Gasteiger partial charge in [0.05, 0.1) is 18.0 Å². The van der Waals surface area contributed by atoms with Crippen molar-refractivity contribution in [1.29, 1.82) is 0 Å². The van der Waals surface area contributed by atoms with E-state index in [1.807, 2.05) is 12.1 Å². The molecule has 242 valence electrons. The van der Waals surface area contributed by atoms with Crippen LogP contribution in [0, 0.1) is 0 Å². The summed E-state index contributed by atoms with van der Waals surface area (Å²) in [6, 6.07) is 14.6. The number of carboxylic acid groups (broad SMARTS) is 4. The number of piperazine rings is 1. The van der Waals surface area contributed by atoms with E-state index in [4.69, 9.17) is 25.5 Å². The lowest BCUT2D eigenvalue weighted by Gasteiger charge is -2.36. The number of rotatable bonds is 11. The van der Waals surface area contributed by atoms with Crippen molar-refractivity contribution < 1.29 is 49.5 Å². The molecule has 2 aliphatic rings. The number of aliphatic carboxylic acids is 4. The third kappa shape index (κ3) is 13.4. The molecule has 0 unspecified atom stereocenters. The third-order valence-electron chi connectivity index (χ3n) is 6.51. The van der Waals surface area contributed by atoms with Gasteiger partial charge < -0.3 is 35.3 Å². The number of aliphatic hydroxyl groups is 1. The number of ketones is 1. The van der Waals surface area contributed by atoms with Crippen LogP contribution in [0.25, 0.3) is 0 Å². The number of carbonyl (C=O) groups excluding carboxylic acids is 1. The highest BCUT2D eigenvalue weighted by Gasteiger charge is 2.24. The zero-order valence-electron chi connectivity index (χ0n) is 24.7. The molecule has 0 aliphatic carbocycles. The molecule has 2 aromatic carbocycles. The van der Waals surface area contributed by atoms with Gasteiger partial charge in [-0.25, -0.2) is 19.2 Å². The van der Waals surface area contributed by atoms with Gasteiger partial charge in [0.2, 0.25) is 0 Å². The monoisotopic (exact) mass is 643 g/mol. The van der Waals surface area contributed by atoms with E-state index in [1.165, 1.54) is 15.5 Å². The fourth-order valence-corrected chi connectivity index (χ4v) is 5.48. The molecule has 14 heteroatoms. The molecule has 0 amide bonds. The van der Waals surface area contributed by atoms with Gasteiger partial charge in [0.25, 0.3) is 0 Å². The van der Waals surface area contributed by atoms with Gasteiger partial charge in [0.15, 0.2) is 5.78 Å². The second-order valence-corrected chi connectivity index (χ2v) is 10.8. The molecule has 0 aromatic heterocycles. The van der Waals surface area contributed by atoms with E-state index in [2.05, 4.69) is 45.0 Å². The van der Waals surface area contributed by atoms with Crippen LogP contribution in [0.5, 0.6) is 0 Å². The van der Waals surface area contributed by atoms with Crippen LogP contribution in [0.15, 0.2) is 76.6 Å². The van der Waals surface area contributed by atoms with E-state index < -0.39 is 23.9 Å². The van der Waals surface area contributed by atoms with E-state index in [9.17, 15) is 24.0 Å². The van der Waals surface area contributed by atoms with Crippen molar-refractivity contribution >= 4 is 52.8 Å². The second-order valence-electron chi connectivity index (χ2n) is 9.74. The molecule has 2 aliphatic heterocycles. The van der Waals surface area contributed by atoms with Gasteiger partial charge >= 0.3 is 23.9 Å². The summed E-state index contributed by atoms with van der Waals surface area (Å²) in [7, 11) is 0. The molecular weight excluding hydrogens is 606 g/mol. The Morgan fingerprint density at radius 3 is 1.67 bits per heavy atom. The van der Waals surface area contributed by atoms with E-state index in [1.54, 1.807) is 18.7 Å². The molecule has 45 heavy (non-hydrogen) atoms. The van der Waals surface area contributed by atoms with Crippen LogP contribution in [-0.2, 0) is 19.2 Å². The molecule has 1 fully saturated rings. The first-order chi connectivity index (χ1) is 21.4. The summed E-state index contributed by atoms with van der Waals surface area (Å²) < 4.78 is 0. The minimum absolute atomic E-state index is 0.109. The Balaban J connectivity index is 0.000000365. The summed E-state index contributed by atoms with van der Waals surface area (Å²) in [5, 5.41) is 40.3. The molecule has 0 bridgehead atoms. The first-order valence-electron chi connectivity index (χ1n) is 13.9. The molecular formula is C31H37N3O10S. The molecule has 13 nitrogen and oxygen atoms in total. The van der Waals surface area contributed by atoms with Gasteiger partial charge in [-0.2, -0.15) is 0 Å². The molecule has 0 atom stereocenters. The van der Waals surface area contributed by atoms with Crippen LogP contribution < -0.4 is 4.90 Å². The highest BCUT2D eigenvalue weighted by Crippen LogP contribution is 2.48. The van der Waals surface area contributed by atoms with Crippen LogP contribution in [0.3, 0.4) is 0 Å². The van der Waals surface area contributed by atoms with Crippen LogP contribution >= 0.6 is 11.8 Å². The smallest absolute Gasteiger partial charge is 0.328 e. The van der Waals surface area contributed by atoms with E-state index in [0.717, 1.165) is 63.5 Å². The molecule has 0 spiro atoms. The van der Waals surface area contributed by atoms with Crippen LogP contribution in [0.4, 0.5) is 11.4 Å². The van der Waals surface area contributed by atoms with Crippen molar-refractivity contribution in [3.63, 3.8) is 0 Å². The average molecular weight is 644 g/mol. The number of hydrogen-bond acceptors (Lipinski definition) is 10. The summed E-state index contributed by atoms with van der Waals surface area (Å²) in [6.45, 7) is 8.87. The maximum atomic E-state index is 11.9. The Morgan fingerprint density at radius 2 is 1.18 bits per heavy atom. The van der Waals surface area contributed by atoms with Gasteiger partial charge in [-0.05, 0) is 44.2 Å². The maximum Gasteiger partial charge on any atom is 0.328 e. The molecule has 4 rings (SSSR count). The fraction of sp³-hybridized carbons (Fsp3) is 0.323. The van der Waals surface area contributed by atoms with Crippen molar-refractivity contribution in [1.82, 2.24) is 9.80 Å². The van der Waals surface area contributed by atoms with Crippen LogP contribution in [0.2, 0.25) is 0 Å². The summed E-state index contributed by atoms with van der Waals surface area (Å²) in [4.78, 5) is 59.9. The van der Waals surface area contributed by atoms with Crippen molar-refractivity contribution in [2.24, 2.45) is 0 Å². The highest BCUT2D eigenvalue weighted by molar-refractivity contribution is 7.99. The molecule has 0 saturated carbocycles. The van der Waals surface area contributed by atoms with Gasteiger partial charge in [-0.3, -0.25) is 9.69 Å². The number of carboxylic acids is 4. The van der Waals surface area contributed by atoms with Crippen molar-refractivity contribution in [2.75, 3.05) is 57.3 Å². The lowest BCUT2D eigenvalue weighted by Crippen LogP contribution is -2.47. The Kier molecular flexibility index (Phi) is 15.5. The number of β-amino-alcohol motifs (C(OH)–C–C–N with tert-alkyl or cyclic N) is 1. The fourth-order valence-electron chi connectivity index (χ4n) is 4.40. The van der Waals surface area contributed by atoms with E-state index >= 15 is 0 Å². The minimum Gasteiger partial charge on any atom is -0.478 e. The normalized spacial score (nSPS) is 14.4. The Morgan fingerprint density at radius 1 is 0.689 bits per heavy atom. The number of aliphatic hydroxyl groups excluding tert-OH is 1. The largest absolute Gasteiger partial charge is 0.478 e. The lowest BCUT2D eigenvalue weighted by molar-refractivity contribution is -0.134. The van der Waals surface area contributed by atoms with Gasteiger partial charge in [0, 0.05) is 78.9 Å². The predicted molar refractivity (Wildman–Crippen MR) is 167 cm³/mol. The first kappa shape index (κ1) is 36.7. The van der Waals surface area contributed by atoms with Crippen molar-refractivity contribution in [2.45, 2.75) is 23.1 Å². The van der Waals surface area contributed by atoms with Gasteiger partial charge in [-0.1, -0.05) is 30.0 Å². The van der Waals surface area contributed by atoms with Gasteiger partial charge in [0.1, 0.15) is 0 Å². The van der Waals surface area contributed by atoms with Crippen molar-refractivity contribution in [3.8, 4) is 0 Å². The van der Waals surface area contributed by atoms with Crippen LogP contribution in [-0.4, -0.2) is 117 Å². The Hall–Kier alpha value is -4.50. The van der Waals surface area contributed by atoms with E-state index in [0.29, 0.717) is 24.3 Å². The molecule has 0 radical (unpaired) electrons. The lowest BCUT2D eigenvalue weighted by atomic mass is 10.1. The maximum absolute atomic E-state index is 11.9. The third-order valence-corrected chi connectivity index (χ3v) is 7.64. The quantitative estimate of drug-likeness (QED) is 0.177. The standard InChI is InChI=1S/C23H29N3O2S.2C4H4O4/c1-18(28)19-7-8-23-21(17-19)26(20-5-2-3-6-22(20)29-23)10-4-9-24-11-13-25(14-12-24)15-16-27;2*5-3(6)1-2-4(7)8/h2-3,5-8,17,27H,4,9-16H2,1H3;2*1-2H,(H,5,6)(H,7,8). The number of benzene rings is 2. The Labute approximate surface area is 264 Å². The second kappa shape index (κ2) is 19.0. The zero-order chi connectivity index (χ0) is 33.4. The summed E-state index contributed by atoms with van der Waals surface area (Å²) in [5.41, 5.74) is 3.15. The zero-order valence-corrected chi connectivity index (χ0v) is 25.6. The molecule has 2 heterocycles. The van der Waals surface area contributed by atoms with Crippen molar-refractivity contribution in [3.05, 3.63) is 72.3 Å². The summed E-state index contributed by atoms with van der Waals surface area (Å²) in [5.74, 6) is -4.92. The number of nitrogens with zero attached hydrogens (tertiary/aromatic N) is 3. The topological polar surface area (TPSA) is 196 Å². The molecule has 5 N–H and O–H groups in total. The van der Waals surface area contributed by atoms with E-state index in [-0.39, 0.29) is 12.4 Å². The number of hydrogen-bond donors (Lipinski definition) is 5.